The molecule has 0 fully saturated rings. The lowest BCUT2D eigenvalue weighted by molar-refractivity contribution is 0.0228. The van der Waals surface area contributed by atoms with Crippen molar-refractivity contribution in [3.8, 4) is 0 Å². The molecule has 0 radical (unpaired) electrons. The smallest absolute Gasteiger partial charge is 0.271 e. The fourth-order valence-corrected chi connectivity index (χ4v) is 1.52. The zero-order valence-corrected chi connectivity index (χ0v) is 12.5. The zero-order valence-electron chi connectivity index (χ0n) is 11.7. The van der Waals surface area contributed by atoms with Crippen LogP contribution in [0.2, 0.25) is 5.02 Å². The van der Waals surface area contributed by atoms with Crippen LogP contribution in [0.1, 0.15) is 31.3 Å². The van der Waals surface area contributed by atoms with E-state index in [1.165, 1.54) is 0 Å². The number of hydrogen-bond acceptors (Lipinski definition) is 4. The highest BCUT2D eigenvalue weighted by Crippen LogP contribution is 2.17. The normalized spacial score (nSPS) is 11.2. The van der Waals surface area contributed by atoms with Gasteiger partial charge >= 0.3 is 0 Å². The number of pyridine rings is 1. The summed E-state index contributed by atoms with van der Waals surface area (Å²) in [5, 5.41) is 6.13. The number of anilines is 1. The summed E-state index contributed by atoms with van der Waals surface area (Å²) in [6.07, 6.45) is 0. The van der Waals surface area contributed by atoms with Gasteiger partial charge in [-0.25, -0.2) is 4.98 Å². The van der Waals surface area contributed by atoms with Gasteiger partial charge in [-0.15, -0.1) is 0 Å². The Morgan fingerprint density at radius 2 is 2.16 bits per heavy atom. The lowest BCUT2D eigenvalue weighted by atomic mass is 10.1. The highest BCUT2D eigenvalue weighted by molar-refractivity contribution is 6.33. The molecule has 5 nitrogen and oxygen atoms in total. The van der Waals surface area contributed by atoms with Gasteiger partial charge in [-0.05, 0) is 32.9 Å². The summed E-state index contributed by atoms with van der Waals surface area (Å²) < 4.78 is 5.24. The Labute approximate surface area is 118 Å². The summed E-state index contributed by atoms with van der Waals surface area (Å²) in [6.45, 7) is 6.84. The fraction of sp³-hybridized carbons (Fsp3) is 0.538. The Kier molecular flexibility index (Phi) is 5.57. The Balaban J connectivity index is 2.78. The topological polar surface area (TPSA) is 63.2 Å². The molecule has 1 aromatic heterocycles. The number of amides is 1. The van der Waals surface area contributed by atoms with Crippen LogP contribution in [0.15, 0.2) is 12.1 Å². The number of carbonyl (C=O) groups excluding carboxylic acids is 1. The predicted octanol–water partition coefficient (Wildman–Crippen LogP) is 2.32. The summed E-state index contributed by atoms with van der Waals surface area (Å²) in [4.78, 5) is 16.2. The van der Waals surface area contributed by atoms with Gasteiger partial charge in [0.1, 0.15) is 11.5 Å². The molecule has 0 unspecified atom stereocenters. The van der Waals surface area contributed by atoms with Crippen LogP contribution in [-0.2, 0) is 4.74 Å². The Morgan fingerprint density at radius 3 is 2.74 bits per heavy atom. The molecule has 2 N–H and O–H groups in total. The first-order chi connectivity index (χ1) is 8.89. The van der Waals surface area contributed by atoms with Crippen molar-refractivity contribution < 1.29 is 9.53 Å². The maximum Gasteiger partial charge on any atom is 0.271 e. The largest absolute Gasteiger partial charge is 0.377 e. The third-order valence-corrected chi connectivity index (χ3v) is 2.95. The maximum absolute atomic E-state index is 12.0. The van der Waals surface area contributed by atoms with E-state index in [1.807, 2.05) is 20.8 Å². The van der Waals surface area contributed by atoms with Crippen LogP contribution in [-0.4, -0.2) is 36.7 Å². The van der Waals surface area contributed by atoms with E-state index < -0.39 is 5.60 Å². The molecule has 0 saturated carbocycles. The van der Waals surface area contributed by atoms with Crippen LogP contribution in [0.25, 0.3) is 0 Å². The van der Waals surface area contributed by atoms with Gasteiger partial charge in [0.25, 0.3) is 5.91 Å². The quantitative estimate of drug-likeness (QED) is 0.842. The molecule has 1 rings (SSSR count). The number of ether oxygens (including phenoxy) is 1. The molecule has 1 heterocycles. The summed E-state index contributed by atoms with van der Waals surface area (Å²) in [7, 11) is 1.60. The number of aromatic nitrogens is 1. The third kappa shape index (κ3) is 4.69. The Hall–Kier alpha value is -1.33. The van der Waals surface area contributed by atoms with Crippen LogP contribution in [0, 0.1) is 0 Å². The molecule has 0 aliphatic carbocycles. The van der Waals surface area contributed by atoms with E-state index >= 15 is 0 Å². The van der Waals surface area contributed by atoms with Gasteiger partial charge in [0.2, 0.25) is 0 Å². The number of methoxy groups -OCH3 is 1. The molecule has 0 saturated heterocycles. The van der Waals surface area contributed by atoms with E-state index in [9.17, 15) is 4.79 Å². The van der Waals surface area contributed by atoms with Crippen LogP contribution in [0.4, 0.5) is 5.82 Å². The fourth-order valence-electron chi connectivity index (χ4n) is 1.33. The molecule has 1 amide bonds. The average molecular weight is 286 g/mol. The minimum absolute atomic E-state index is 0.215. The van der Waals surface area contributed by atoms with Crippen molar-refractivity contribution in [3.05, 3.63) is 22.8 Å². The van der Waals surface area contributed by atoms with Crippen LogP contribution in [0.5, 0.6) is 0 Å². The summed E-state index contributed by atoms with van der Waals surface area (Å²) in [5.74, 6) is 0.318. The van der Waals surface area contributed by atoms with Crippen molar-refractivity contribution in [2.45, 2.75) is 26.4 Å². The van der Waals surface area contributed by atoms with Crippen molar-refractivity contribution >= 4 is 23.3 Å². The molecule has 0 aliphatic rings. The van der Waals surface area contributed by atoms with E-state index in [2.05, 4.69) is 15.6 Å². The molecule has 6 heteroatoms. The molecular formula is C13H20ClN3O2. The first-order valence-corrected chi connectivity index (χ1v) is 6.51. The van der Waals surface area contributed by atoms with Crippen molar-refractivity contribution in [1.29, 1.82) is 0 Å². The minimum atomic E-state index is -0.429. The van der Waals surface area contributed by atoms with Gasteiger partial charge in [-0.1, -0.05) is 11.6 Å². The van der Waals surface area contributed by atoms with Crippen molar-refractivity contribution in [2.24, 2.45) is 0 Å². The van der Waals surface area contributed by atoms with Gasteiger partial charge in [0.15, 0.2) is 0 Å². The molecular weight excluding hydrogens is 266 g/mol. The highest BCUT2D eigenvalue weighted by Gasteiger charge is 2.20. The third-order valence-electron chi connectivity index (χ3n) is 2.65. The second kappa shape index (κ2) is 6.73. The molecule has 0 aliphatic heterocycles. The number of rotatable bonds is 6. The number of halogens is 1. The van der Waals surface area contributed by atoms with Gasteiger partial charge in [0.05, 0.1) is 10.6 Å². The molecule has 0 atom stereocenters. The van der Waals surface area contributed by atoms with E-state index in [0.717, 1.165) is 6.54 Å². The molecule has 0 bridgehead atoms. The van der Waals surface area contributed by atoms with Gasteiger partial charge in [-0.3, -0.25) is 4.79 Å². The lowest BCUT2D eigenvalue weighted by Gasteiger charge is -2.23. The summed E-state index contributed by atoms with van der Waals surface area (Å²) >= 11 is 5.99. The van der Waals surface area contributed by atoms with E-state index in [0.29, 0.717) is 17.4 Å². The Morgan fingerprint density at radius 1 is 1.47 bits per heavy atom. The SMILES string of the molecule is CCNc1ccc(Cl)c(C(=O)NCC(C)(C)OC)n1. The van der Waals surface area contributed by atoms with Gasteiger partial charge in [-0.2, -0.15) is 0 Å². The van der Waals surface area contributed by atoms with Crippen molar-refractivity contribution in [1.82, 2.24) is 10.3 Å². The standard InChI is InChI=1S/C13H20ClN3O2/c1-5-15-10-7-6-9(14)11(17-10)12(18)16-8-13(2,3)19-4/h6-7H,5,8H2,1-4H3,(H,15,17)(H,16,18). The monoisotopic (exact) mass is 285 g/mol. The van der Waals surface area contributed by atoms with Crippen LogP contribution in [0.3, 0.4) is 0 Å². The lowest BCUT2D eigenvalue weighted by Crippen LogP contribution is -2.40. The molecule has 106 valence electrons. The molecule has 0 spiro atoms. The summed E-state index contributed by atoms with van der Waals surface area (Å²) in [6, 6.07) is 3.39. The first-order valence-electron chi connectivity index (χ1n) is 6.13. The maximum atomic E-state index is 12.0. The molecule has 19 heavy (non-hydrogen) atoms. The second-order valence-corrected chi connectivity index (χ2v) is 5.11. The molecule has 1 aromatic rings. The second-order valence-electron chi connectivity index (χ2n) is 4.70. The Bertz CT molecular complexity index is 450. The van der Waals surface area contributed by atoms with E-state index in [4.69, 9.17) is 16.3 Å². The number of carbonyl (C=O) groups is 1. The van der Waals surface area contributed by atoms with Crippen LogP contribution < -0.4 is 10.6 Å². The minimum Gasteiger partial charge on any atom is -0.377 e. The molecule has 0 aromatic carbocycles. The number of hydrogen-bond donors (Lipinski definition) is 2. The highest BCUT2D eigenvalue weighted by atomic mass is 35.5. The zero-order chi connectivity index (χ0) is 14.5. The van der Waals surface area contributed by atoms with Crippen molar-refractivity contribution in [2.75, 3.05) is 25.5 Å². The average Bonchev–Trinajstić information content (AvgIpc) is 2.38. The number of nitrogens with zero attached hydrogens (tertiary/aromatic N) is 1. The number of nitrogens with one attached hydrogen (secondary N) is 2. The van der Waals surface area contributed by atoms with E-state index in [1.54, 1.807) is 19.2 Å². The van der Waals surface area contributed by atoms with Crippen LogP contribution >= 0.6 is 11.6 Å². The van der Waals surface area contributed by atoms with Gasteiger partial charge in [0, 0.05) is 20.2 Å². The summed E-state index contributed by atoms with van der Waals surface area (Å²) in [5.41, 5.74) is -0.214. The van der Waals surface area contributed by atoms with E-state index in [-0.39, 0.29) is 11.6 Å². The predicted molar refractivity (Wildman–Crippen MR) is 76.8 cm³/mol. The van der Waals surface area contributed by atoms with Gasteiger partial charge < -0.3 is 15.4 Å². The van der Waals surface area contributed by atoms with Crippen molar-refractivity contribution in [3.63, 3.8) is 0 Å². The first kappa shape index (κ1) is 15.7.